The molecule has 4 nitrogen and oxygen atoms in total. The number of likely N-dealkylation sites (N-methyl/N-ethyl adjacent to an activating group) is 1. The molecule has 0 aliphatic carbocycles. The summed E-state index contributed by atoms with van der Waals surface area (Å²) in [4.78, 5) is 20.9. The Labute approximate surface area is 154 Å². The fourth-order valence-electron chi connectivity index (χ4n) is 3.48. The number of aromatic nitrogens is 1. The fourth-order valence-corrected chi connectivity index (χ4v) is 3.48. The molecule has 0 spiro atoms. The summed E-state index contributed by atoms with van der Waals surface area (Å²) >= 11 is 0. The number of carbonyl (C=O) groups is 1. The third-order valence-electron chi connectivity index (χ3n) is 5.17. The number of nitrogens with zero attached hydrogens (tertiary/aromatic N) is 3. The number of pyridine rings is 1. The SMILES string of the molecule is CN(CCc1ccccn1)C1CCC(=O)N(Cc2ccccc2F)CC1. The van der Waals surface area contributed by atoms with Crippen molar-refractivity contribution in [2.45, 2.75) is 38.3 Å². The number of benzene rings is 1. The second-order valence-electron chi connectivity index (χ2n) is 6.94. The van der Waals surface area contributed by atoms with E-state index in [-0.39, 0.29) is 11.7 Å². The third kappa shape index (κ3) is 4.88. The van der Waals surface area contributed by atoms with Crippen LogP contribution in [0.3, 0.4) is 0 Å². The van der Waals surface area contributed by atoms with Crippen LogP contribution in [-0.2, 0) is 17.8 Å². The number of likely N-dealkylation sites (tertiary alicyclic amines) is 1. The van der Waals surface area contributed by atoms with E-state index in [9.17, 15) is 9.18 Å². The first-order valence-electron chi connectivity index (χ1n) is 9.25. The summed E-state index contributed by atoms with van der Waals surface area (Å²) in [5, 5.41) is 0. The normalized spacial score (nSPS) is 18.2. The van der Waals surface area contributed by atoms with Crippen molar-refractivity contribution in [1.82, 2.24) is 14.8 Å². The van der Waals surface area contributed by atoms with Crippen molar-refractivity contribution >= 4 is 5.91 Å². The van der Waals surface area contributed by atoms with Crippen LogP contribution in [0.2, 0.25) is 0 Å². The first-order valence-corrected chi connectivity index (χ1v) is 9.25. The summed E-state index contributed by atoms with van der Waals surface area (Å²) in [5.74, 6) is -0.123. The lowest BCUT2D eigenvalue weighted by molar-refractivity contribution is -0.131. The van der Waals surface area contributed by atoms with E-state index in [0.29, 0.717) is 31.1 Å². The van der Waals surface area contributed by atoms with Crippen molar-refractivity contribution < 1.29 is 9.18 Å². The van der Waals surface area contributed by atoms with E-state index in [2.05, 4.69) is 16.9 Å². The summed E-state index contributed by atoms with van der Waals surface area (Å²) in [5.41, 5.74) is 1.67. The Morgan fingerprint density at radius 1 is 1.19 bits per heavy atom. The van der Waals surface area contributed by atoms with Gasteiger partial charge in [-0.25, -0.2) is 4.39 Å². The van der Waals surface area contributed by atoms with E-state index in [1.54, 1.807) is 17.0 Å². The molecule has 26 heavy (non-hydrogen) atoms. The first kappa shape index (κ1) is 18.5. The average molecular weight is 355 g/mol. The van der Waals surface area contributed by atoms with E-state index in [1.807, 2.05) is 30.5 Å². The van der Waals surface area contributed by atoms with Crippen LogP contribution in [0, 0.1) is 5.82 Å². The van der Waals surface area contributed by atoms with E-state index in [4.69, 9.17) is 0 Å². The van der Waals surface area contributed by atoms with Crippen molar-refractivity contribution in [2.75, 3.05) is 20.1 Å². The van der Waals surface area contributed by atoms with Gasteiger partial charge in [-0.15, -0.1) is 0 Å². The van der Waals surface area contributed by atoms with Gasteiger partial charge in [-0.1, -0.05) is 24.3 Å². The van der Waals surface area contributed by atoms with Gasteiger partial charge in [-0.2, -0.15) is 0 Å². The van der Waals surface area contributed by atoms with Gasteiger partial charge < -0.3 is 9.80 Å². The van der Waals surface area contributed by atoms with Crippen LogP contribution in [0.5, 0.6) is 0 Å². The first-order chi connectivity index (χ1) is 12.6. The summed E-state index contributed by atoms with van der Waals surface area (Å²) in [6, 6.07) is 13.0. The van der Waals surface area contributed by atoms with Crippen LogP contribution < -0.4 is 0 Å². The molecule has 1 aromatic carbocycles. The Balaban J connectivity index is 1.54. The molecule has 1 amide bonds. The van der Waals surface area contributed by atoms with Crippen molar-refractivity contribution in [2.24, 2.45) is 0 Å². The van der Waals surface area contributed by atoms with Crippen LogP contribution in [0.1, 0.15) is 30.5 Å². The highest BCUT2D eigenvalue weighted by atomic mass is 19.1. The molecule has 1 unspecified atom stereocenters. The van der Waals surface area contributed by atoms with Crippen LogP contribution in [0.4, 0.5) is 4.39 Å². The lowest BCUT2D eigenvalue weighted by Crippen LogP contribution is -2.35. The standard InChI is InChI=1S/C21H26FN3O/c1-24(14-11-18-7-4-5-13-23-18)19-9-10-21(26)25(15-12-19)16-17-6-2-3-8-20(17)22/h2-8,13,19H,9-12,14-16H2,1H3. The third-order valence-corrected chi connectivity index (χ3v) is 5.17. The molecule has 1 aliphatic rings. The minimum absolute atomic E-state index is 0.119. The second-order valence-corrected chi connectivity index (χ2v) is 6.94. The Kier molecular flexibility index (Phi) is 6.34. The van der Waals surface area contributed by atoms with Gasteiger partial charge in [0.1, 0.15) is 5.82 Å². The van der Waals surface area contributed by atoms with Crippen molar-refractivity contribution in [3.05, 3.63) is 65.7 Å². The highest BCUT2D eigenvalue weighted by Gasteiger charge is 2.25. The molecule has 1 atom stereocenters. The van der Waals surface area contributed by atoms with E-state index in [0.717, 1.165) is 31.5 Å². The quantitative estimate of drug-likeness (QED) is 0.798. The largest absolute Gasteiger partial charge is 0.338 e. The number of carbonyl (C=O) groups excluding carboxylic acids is 1. The minimum Gasteiger partial charge on any atom is -0.338 e. The topological polar surface area (TPSA) is 36.4 Å². The maximum atomic E-state index is 13.9. The van der Waals surface area contributed by atoms with Gasteiger partial charge in [0.15, 0.2) is 0 Å². The Hall–Kier alpha value is -2.27. The molecule has 138 valence electrons. The minimum atomic E-state index is -0.242. The lowest BCUT2D eigenvalue weighted by Gasteiger charge is -2.27. The molecule has 0 saturated carbocycles. The predicted molar refractivity (Wildman–Crippen MR) is 100 cm³/mol. The van der Waals surface area contributed by atoms with Crippen molar-refractivity contribution in [3.8, 4) is 0 Å². The molecule has 0 bridgehead atoms. The van der Waals surface area contributed by atoms with Crippen LogP contribution in [-0.4, -0.2) is 46.9 Å². The van der Waals surface area contributed by atoms with Gasteiger partial charge in [-0.3, -0.25) is 9.78 Å². The number of hydrogen-bond acceptors (Lipinski definition) is 3. The molecule has 0 N–H and O–H groups in total. The van der Waals surface area contributed by atoms with E-state index < -0.39 is 0 Å². The predicted octanol–water partition coefficient (Wildman–Crippen LogP) is 3.28. The molecule has 0 radical (unpaired) electrons. The molecule has 2 heterocycles. The van der Waals surface area contributed by atoms with Gasteiger partial charge >= 0.3 is 0 Å². The summed E-state index contributed by atoms with van der Waals surface area (Å²) < 4.78 is 13.9. The Morgan fingerprint density at radius 2 is 2.00 bits per heavy atom. The average Bonchev–Trinajstić information content (AvgIpc) is 2.84. The molecular formula is C21H26FN3O. The van der Waals surface area contributed by atoms with Crippen molar-refractivity contribution in [1.29, 1.82) is 0 Å². The zero-order valence-electron chi connectivity index (χ0n) is 15.3. The number of rotatable bonds is 6. The molecule has 3 rings (SSSR count). The smallest absolute Gasteiger partial charge is 0.222 e. The number of halogens is 1. The monoisotopic (exact) mass is 355 g/mol. The highest BCUT2D eigenvalue weighted by Crippen LogP contribution is 2.20. The van der Waals surface area contributed by atoms with E-state index in [1.165, 1.54) is 6.07 Å². The zero-order chi connectivity index (χ0) is 18.4. The molecule has 1 aliphatic heterocycles. The van der Waals surface area contributed by atoms with Gasteiger partial charge in [0.05, 0.1) is 0 Å². The fraction of sp³-hybridized carbons (Fsp3) is 0.429. The van der Waals surface area contributed by atoms with Gasteiger partial charge in [-0.05, 0) is 38.1 Å². The molecular weight excluding hydrogens is 329 g/mol. The molecule has 1 fully saturated rings. The maximum absolute atomic E-state index is 13.9. The highest BCUT2D eigenvalue weighted by molar-refractivity contribution is 5.76. The maximum Gasteiger partial charge on any atom is 0.222 e. The Morgan fingerprint density at radius 3 is 2.77 bits per heavy atom. The molecule has 1 saturated heterocycles. The summed E-state index contributed by atoms with van der Waals surface area (Å²) in [7, 11) is 2.12. The van der Waals surface area contributed by atoms with Gasteiger partial charge in [0.2, 0.25) is 5.91 Å². The summed E-state index contributed by atoms with van der Waals surface area (Å²) in [6.07, 6.45) is 5.01. The molecule has 2 aromatic rings. The number of amides is 1. The number of hydrogen-bond donors (Lipinski definition) is 0. The van der Waals surface area contributed by atoms with E-state index >= 15 is 0 Å². The second kappa shape index (κ2) is 8.90. The van der Waals surface area contributed by atoms with Crippen LogP contribution in [0.25, 0.3) is 0 Å². The zero-order valence-corrected chi connectivity index (χ0v) is 15.3. The lowest BCUT2D eigenvalue weighted by atomic mass is 10.1. The Bertz CT molecular complexity index is 722. The molecule has 5 heteroatoms. The molecule has 1 aromatic heterocycles. The van der Waals surface area contributed by atoms with Crippen molar-refractivity contribution in [3.63, 3.8) is 0 Å². The van der Waals surface area contributed by atoms with Gasteiger partial charge in [0.25, 0.3) is 0 Å². The van der Waals surface area contributed by atoms with Crippen LogP contribution in [0.15, 0.2) is 48.7 Å². The van der Waals surface area contributed by atoms with Crippen LogP contribution >= 0.6 is 0 Å². The summed E-state index contributed by atoms with van der Waals surface area (Å²) in [6.45, 7) is 1.95. The van der Waals surface area contributed by atoms with Gasteiger partial charge in [0, 0.05) is 56.0 Å².